The fourth-order valence-electron chi connectivity index (χ4n) is 1.77. The Morgan fingerprint density at radius 1 is 1.16 bits per heavy atom. The molecular formula is C12H7BrF2N4. The van der Waals surface area contributed by atoms with E-state index < -0.39 is 11.6 Å². The number of nitrogens with zero attached hydrogens (tertiary/aromatic N) is 2. The van der Waals surface area contributed by atoms with Crippen LogP contribution in [0.1, 0.15) is 0 Å². The number of hydrogen-bond acceptors (Lipinski definition) is 3. The average molecular weight is 325 g/mol. The predicted octanol–water partition coefficient (Wildman–Crippen LogP) is 3.25. The lowest BCUT2D eigenvalue weighted by atomic mass is 10.1. The second-order valence-electron chi connectivity index (χ2n) is 3.96. The molecule has 2 aromatic heterocycles. The molecule has 0 amide bonds. The number of pyridine rings is 1. The lowest BCUT2D eigenvalue weighted by Crippen LogP contribution is -1.95. The van der Waals surface area contributed by atoms with Crippen LogP contribution < -0.4 is 5.73 Å². The van der Waals surface area contributed by atoms with Crippen molar-refractivity contribution in [2.45, 2.75) is 0 Å². The molecule has 0 aliphatic rings. The van der Waals surface area contributed by atoms with Crippen molar-refractivity contribution in [3.63, 3.8) is 0 Å². The second-order valence-corrected chi connectivity index (χ2v) is 4.88. The molecule has 7 heteroatoms. The molecule has 0 spiro atoms. The number of halogens is 3. The van der Waals surface area contributed by atoms with Gasteiger partial charge >= 0.3 is 0 Å². The Hall–Kier alpha value is -2.02. The maximum Gasteiger partial charge on any atom is 0.178 e. The standard InChI is InChI=1S/C12H7BrF2N4/c13-5-1-10-12(17-4-5)19-11(18-10)6-2-7(14)8(15)3-9(6)16/h1-4H,16H2,(H,17,18,19). The van der Waals surface area contributed by atoms with E-state index in [-0.39, 0.29) is 5.69 Å². The van der Waals surface area contributed by atoms with Crippen molar-refractivity contribution in [2.75, 3.05) is 5.73 Å². The molecule has 0 saturated heterocycles. The summed E-state index contributed by atoms with van der Waals surface area (Å²) >= 11 is 3.29. The van der Waals surface area contributed by atoms with Crippen LogP contribution in [0.3, 0.4) is 0 Å². The Kier molecular flexibility index (Phi) is 2.70. The molecule has 0 radical (unpaired) electrons. The van der Waals surface area contributed by atoms with Crippen molar-refractivity contribution < 1.29 is 8.78 Å². The summed E-state index contributed by atoms with van der Waals surface area (Å²) in [4.78, 5) is 11.3. The summed E-state index contributed by atoms with van der Waals surface area (Å²) in [5.74, 6) is -1.62. The number of benzene rings is 1. The zero-order chi connectivity index (χ0) is 13.6. The van der Waals surface area contributed by atoms with E-state index in [1.807, 2.05) is 0 Å². The van der Waals surface area contributed by atoms with Crippen LogP contribution >= 0.6 is 15.9 Å². The molecule has 4 nitrogen and oxygen atoms in total. The quantitative estimate of drug-likeness (QED) is 0.675. The van der Waals surface area contributed by atoms with E-state index in [0.717, 1.165) is 16.6 Å². The highest BCUT2D eigenvalue weighted by atomic mass is 79.9. The molecule has 3 aromatic rings. The SMILES string of the molecule is Nc1cc(F)c(F)cc1-c1nc2ncc(Br)cc2[nH]1. The van der Waals surface area contributed by atoms with E-state index in [1.54, 1.807) is 12.3 Å². The van der Waals surface area contributed by atoms with Gasteiger partial charge in [0.05, 0.1) is 5.52 Å². The van der Waals surface area contributed by atoms with E-state index in [9.17, 15) is 8.78 Å². The van der Waals surface area contributed by atoms with E-state index in [0.29, 0.717) is 22.6 Å². The summed E-state index contributed by atoms with van der Waals surface area (Å²) in [5, 5.41) is 0. The Morgan fingerprint density at radius 2 is 1.89 bits per heavy atom. The Bertz CT molecular complexity index is 785. The maximum atomic E-state index is 13.3. The molecule has 0 saturated carbocycles. The molecule has 19 heavy (non-hydrogen) atoms. The molecule has 0 fully saturated rings. The van der Waals surface area contributed by atoms with E-state index in [2.05, 4.69) is 30.9 Å². The van der Waals surface area contributed by atoms with Gasteiger partial charge in [0.1, 0.15) is 5.82 Å². The third kappa shape index (κ3) is 2.06. The maximum absolute atomic E-state index is 13.3. The van der Waals surface area contributed by atoms with Crippen molar-refractivity contribution in [2.24, 2.45) is 0 Å². The molecule has 1 aromatic carbocycles. The largest absolute Gasteiger partial charge is 0.398 e. The van der Waals surface area contributed by atoms with Crippen LogP contribution in [0.2, 0.25) is 0 Å². The zero-order valence-electron chi connectivity index (χ0n) is 9.42. The Morgan fingerprint density at radius 3 is 2.68 bits per heavy atom. The Labute approximate surface area is 114 Å². The van der Waals surface area contributed by atoms with Gasteiger partial charge in [-0.2, -0.15) is 0 Å². The van der Waals surface area contributed by atoms with Crippen molar-refractivity contribution in [3.8, 4) is 11.4 Å². The smallest absolute Gasteiger partial charge is 0.178 e. The summed E-state index contributed by atoms with van der Waals surface area (Å²) in [5.41, 5.74) is 7.23. The van der Waals surface area contributed by atoms with Crippen LogP contribution in [0.5, 0.6) is 0 Å². The minimum absolute atomic E-state index is 0.108. The molecule has 0 aliphatic carbocycles. The van der Waals surface area contributed by atoms with Gasteiger partial charge in [0.2, 0.25) is 0 Å². The minimum Gasteiger partial charge on any atom is -0.398 e. The lowest BCUT2D eigenvalue weighted by Gasteiger charge is -2.03. The molecular weight excluding hydrogens is 318 g/mol. The number of nitrogens with two attached hydrogens (primary N) is 1. The second kappa shape index (κ2) is 4.27. The van der Waals surface area contributed by atoms with Gasteiger partial charge in [-0.05, 0) is 28.1 Å². The third-order valence-corrected chi connectivity index (χ3v) is 3.09. The van der Waals surface area contributed by atoms with Crippen LogP contribution in [0, 0.1) is 11.6 Å². The van der Waals surface area contributed by atoms with E-state index in [1.165, 1.54) is 0 Å². The zero-order valence-corrected chi connectivity index (χ0v) is 11.0. The van der Waals surface area contributed by atoms with Crippen LogP contribution in [0.15, 0.2) is 28.9 Å². The lowest BCUT2D eigenvalue weighted by molar-refractivity contribution is 0.509. The normalized spacial score (nSPS) is 11.1. The van der Waals surface area contributed by atoms with Crippen LogP contribution in [-0.4, -0.2) is 15.0 Å². The summed E-state index contributed by atoms with van der Waals surface area (Å²) in [6, 6.07) is 3.73. The molecule has 3 rings (SSSR count). The first-order valence-corrected chi connectivity index (χ1v) is 6.10. The topological polar surface area (TPSA) is 67.6 Å². The molecule has 2 heterocycles. The summed E-state index contributed by atoms with van der Waals surface area (Å²) in [6.07, 6.45) is 1.60. The van der Waals surface area contributed by atoms with Gasteiger partial charge in [-0.3, -0.25) is 0 Å². The number of aromatic nitrogens is 3. The van der Waals surface area contributed by atoms with Crippen molar-refractivity contribution in [1.82, 2.24) is 15.0 Å². The number of hydrogen-bond donors (Lipinski definition) is 2. The number of nitrogens with one attached hydrogen (secondary N) is 1. The van der Waals surface area contributed by atoms with E-state index >= 15 is 0 Å². The van der Waals surface area contributed by atoms with Gasteiger partial charge in [-0.25, -0.2) is 18.7 Å². The van der Waals surface area contributed by atoms with Crippen molar-refractivity contribution in [1.29, 1.82) is 0 Å². The van der Waals surface area contributed by atoms with Gasteiger partial charge in [-0.1, -0.05) is 0 Å². The number of fused-ring (bicyclic) bond motifs is 1. The number of nitrogen functional groups attached to an aromatic ring is 1. The molecule has 0 aliphatic heterocycles. The van der Waals surface area contributed by atoms with Gasteiger partial charge in [0.15, 0.2) is 17.3 Å². The van der Waals surface area contributed by atoms with Gasteiger partial charge < -0.3 is 10.7 Å². The molecule has 3 N–H and O–H groups in total. The van der Waals surface area contributed by atoms with Crippen molar-refractivity contribution in [3.05, 3.63) is 40.5 Å². The number of rotatable bonds is 1. The highest BCUT2D eigenvalue weighted by Gasteiger charge is 2.13. The summed E-state index contributed by atoms with van der Waals surface area (Å²) in [6.45, 7) is 0. The van der Waals surface area contributed by atoms with Gasteiger partial charge in [0, 0.05) is 28.0 Å². The third-order valence-electron chi connectivity index (χ3n) is 2.65. The fraction of sp³-hybridized carbons (Fsp3) is 0. The van der Waals surface area contributed by atoms with Crippen molar-refractivity contribution >= 4 is 32.8 Å². The van der Waals surface area contributed by atoms with Gasteiger partial charge in [-0.15, -0.1) is 0 Å². The average Bonchev–Trinajstić information content (AvgIpc) is 2.76. The summed E-state index contributed by atoms with van der Waals surface area (Å²) in [7, 11) is 0. The highest BCUT2D eigenvalue weighted by Crippen LogP contribution is 2.28. The highest BCUT2D eigenvalue weighted by molar-refractivity contribution is 9.10. The van der Waals surface area contributed by atoms with Crippen LogP contribution in [0.25, 0.3) is 22.6 Å². The molecule has 0 bridgehead atoms. The van der Waals surface area contributed by atoms with E-state index in [4.69, 9.17) is 5.73 Å². The Balaban J connectivity index is 2.21. The first kappa shape index (κ1) is 12.0. The van der Waals surface area contributed by atoms with Crippen LogP contribution in [-0.2, 0) is 0 Å². The summed E-state index contributed by atoms with van der Waals surface area (Å²) < 4.78 is 27.1. The monoisotopic (exact) mass is 324 g/mol. The molecule has 0 atom stereocenters. The van der Waals surface area contributed by atoms with Crippen LogP contribution in [0.4, 0.5) is 14.5 Å². The fourth-order valence-corrected chi connectivity index (χ4v) is 2.10. The number of anilines is 1. The van der Waals surface area contributed by atoms with Gasteiger partial charge in [0.25, 0.3) is 0 Å². The predicted molar refractivity (Wildman–Crippen MR) is 71.4 cm³/mol. The molecule has 96 valence electrons. The number of imidazole rings is 1. The minimum atomic E-state index is -0.988. The molecule has 0 unspecified atom stereocenters. The number of H-pyrrole nitrogens is 1. The first-order valence-electron chi connectivity index (χ1n) is 5.31. The first-order chi connectivity index (χ1) is 9.04. The number of aromatic amines is 1.